The Bertz CT molecular complexity index is 1010. The number of hydrogen-bond donors (Lipinski definition) is 1. The van der Waals surface area contributed by atoms with Crippen LogP contribution in [0.2, 0.25) is 10.0 Å². The molecule has 0 atom stereocenters. The molecule has 0 aliphatic carbocycles. The van der Waals surface area contributed by atoms with Crippen LogP contribution in [0.25, 0.3) is 0 Å². The quantitative estimate of drug-likeness (QED) is 0.616. The van der Waals surface area contributed by atoms with E-state index in [4.69, 9.17) is 27.9 Å². The number of hydrogen-bond acceptors (Lipinski definition) is 5. The number of carbonyl (C=O) groups is 2. The number of nitrogens with zero attached hydrogens (tertiary/aromatic N) is 3. The molecule has 1 aromatic carbocycles. The third-order valence-corrected chi connectivity index (χ3v) is 4.69. The number of halogens is 2. The first kappa shape index (κ1) is 19.9. The fraction of sp³-hybridized carbons (Fsp3) is 0.158. The summed E-state index contributed by atoms with van der Waals surface area (Å²) in [5.41, 5.74) is 1.89. The van der Waals surface area contributed by atoms with Crippen molar-refractivity contribution in [2.45, 2.75) is 13.5 Å². The average molecular weight is 419 g/mol. The zero-order chi connectivity index (χ0) is 20.1. The molecule has 0 spiro atoms. The lowest BCUT2D eigenvalue weighted by Gasteiger charge is -2.09. The van der Waals surface area contributed by atoms with Gasteiger partial charge in [-0.1, -0.05) is 53.5 Å². The van der Waals surface area contributed by atoms with Crippen LogP contribution in [0.5, 0.6) is 0 Å². The third-order valence-electron chi connectivity index (χ3n) is 3.85. The molecule has 3 rings (SSSR count). The fourth-order valence-corrected chi connectivity index (χ4v) is 2.74. The molecule has 2 aromatic heterocycles. The Kier molecular flexibility index (Phi) is 6.28. The Morgan fingerprint density at radius 3 is 2.68 bits per heavy atom. The Labute approximate surface area is 171 Å². The lowest BCUT2D eigenvalue weighted by Crippen LogP contribution is -2.21. The number of aromatic nitrogens is 3. The minimum Gasteiger partial charge on any atom is -0.452 e. The smallest absolute Gasteiger partial charge is 0.341 e. The molecular weight excluding hydrogens is 403 g/mol. The minimum atomic E-state index is -0.652. The first-order chi connectivity index (χ1) is 13.4. The summed E-state index contributed by atoms with van der Waals surface area (Å²) in [6.07, 6.45) is 4.34. The van der Waals surface area contributed by atoms with Gasteiger partial charge in [-0.15, -0.1) is 0 Å². The van der Waals surface area contributed by atoms with E-state index in [0.29, 0.717) is 17.1 Å². The van der Waals surface area contributed by atoms with Crippen molar-refractivity contribution in [3.63, 3.8) is 0 Å². The zero-order valence-electron chi connectivity index (χ0n) is 14.9. The highest BCUT2D eigenvalue weighted by Gasteiger charge is 2.15. The van der Waals surface area contributed by atoms with Crippen molar-refractivity contribution in [2.75, 3.05) is 11.9 Å². The van der Waals surface area contributed by atoms with E-state index in [-0.39, 0.29) is 16.4 Å². The number of amides is 1. The Morgan fingerprint density at radius 2 is 1.93 bits per heavy atom. The fourth-order valence-electron chi connectivity index (χ4n) is 2.35. The maximum Gasteiger partial charge on any atom is 0.341 e. The summed E-state index contributed by atoms with van der Waals surface area (Å²) < 4.78 is 6.64. The summed E-state index contributed by atoms with van der Waals surface area (Å²) in [6.45, 7) is 1.74. The van der Waals surface area contributed by atoms with Gasteiger partial charge in [0.25, 0.3) is 5.91 Å². The molecule has 2 heterocycles. The summed E-state index contributed by atoms with van der Waals surface area (Å²) in [4.78, 5) is 28.1. The van der Waals surface area contributed by atoms with Crippen LogP contribution in [0.4, 0.5) is 5.82 Å². The van der Waals surface area contributed by atoms with E-state index >= 15 is 0 Å². The van der Waals surface area contributed by atoms with E-state index in [0.717, 1.165) is 5.56 Å². The van der Waals surface area contributed by atoms with Gasteiger partial charge in [0, 0.05) is 12.4 Å². The van der Waals surface area contributed by atoms with Crippen molar-refractivity contribution in [1.82, 2.24) is 14.8 Å². The van der Waals surface area contributed by atoms with E-state index in [9.17, 15) is 9.59 Å². The highest BCUT2D eigenvalue weighted by atomic mass is 35.5. The van der Waals surface area contributed by atoms with E-state index in [1.54, 1.807) is 17.8 Å². The topological polar surface area (TPSA) is 86.1 Å². The van der Waals surface area contributed by atoms with Crippen molar-refractivity contribution in [1.29, 1.82) is 0 Å². The minimum absolute atomic E-state index is 0.153. The molecule has 0 radical (unpaired) electrons. The van der Waals surface area contributed by atoms with E-state index < -0.39 is 18.5 Å². The van der Waals surface area contributed by atoms with Crippen LogP contribution in [-0.4, -0.2) is 33.2 Å². The molecule has 0 unspecified atom stereocenters. The van der Waals surface area contributed by atoms with Gasteiger partial charge >= 0.3 is 5.97 Å². The zero-order valence-corrected chi connectivity index (χ0v) is 16.4. The maximum absolute atomic E-state index is 12.1. The number of anilines is 1. The van der Waals surface area contributed by atoms with Gasteiger partial charge in [-0.2, -0.15) is 5.10 Å². The van der Waals surface area contributed by atoms with Gasteiger partial charge in [0.2, 0.25) is 0 Å². The van der Waals surface area contributed by atoms with Gasteiger partial charge in [0.1, 0.15) is 0 Å². The van der Waals surface area contributed by atoms with Gasteiger partial charge in [-0.25, -0.2) is 9.78 Å². The van der Waals surface area contributed by atoms with Crippen LogP contribution in [0.15, 0.2) is 48.9 Å². The number of rotatable bonds is 6. The summed E-state index contributed by atoms with van der Waals surface area (Å²) in [5, 5.41) is 7.24. The van der Waals surface area contributed by atoms with Crippen molar-refractivity contribution >= 4 is 40.9 Å². The molecule has 9 heteroatoms. The van der Waals surface area contributed by atoms with Crippen LogP contribution in [0.1, 0.15) is 21.5 Å². The molecule has 0 saturated carbocycles. The molecule has 0 aliphatic rings. The summed E-state index contributed by atoms with van der Waals surface area (Å²) in [7, 11) is 0. The van der Waals surface area contributed by atoms with Crippen LogP contribution < -0.4 is 5.32 Å². The first-order valence-corrected chi connectivity index (χ1v) is 9.03. The van der Waals surface area contributed by atoms with E-state index in [1.165, 1.54) is 12.4 Å². The monoisotopic (exact) mass is 418 g/mol. The van der Waals surface area contributed by atoms with Crippen LogP contribution in [0, 0.1) is 6.92 Å². The largest absolute Gasteiger partial charge is 0.452 e. The summed E-state index contributed by atoms with van der Waals surface area (Å²) in [5.74, 6) is -1.07. The predicted octanol–water partition coefficient (Wildman–Crippen LogP) is 3.74. The van der Waals surface area contributed by atoms with Gasteiger partial charge in [-0.3, -0.25) is 9.48 Å². The average Bonchev–Trinajstić information content (AvgIpc) is 3.16. The van der Waals surface area contributed by atoms with E-state index in [1.807, 2.05) is 30.3 Å². The van der Waals surface area contributed by atoms with Crippen molar-refractivity contribution < 1.29 is 14.3 Å². The molecule has 0 bridgehead atoms. The van der Waals surface area contributed by atoms with Gasteiger partial charge in [0.05, 0.1) is 28.4 Å². The standard InChI is InChI=1S/C19H16Cl2N4O3/c1-12-15(20)8-22-18(17(12)21)24-16(26)11-28-19(27)14-7-23-25(10-14)9-13-5-3-2-4-6-13/h2-8,10H,9,11H2,1H3,(H,22,24,26). The second-order valence-electron chi connectivity index (χ2n) is 5.93. The molecule has 3 aromatic rings. The SMILES string of the molecule is Cc1c(Cl)cnc(NC(=O)COC(=O)c2cnn(Cc3ccccc3)c2)c1Cl. The molecule has 1 amide bonds. The normalized spacial score (nSPS) is 10.5. The predicted molar refractivity (Wildman–Crippen MR) is 106 cm³/mol. The second kappa shape index (κ2) is 8.86. The van der Waals surface area contributed by atoms with Crippen molar-refractivity contribution in [3.05, 3.63) is 75.7 Å². The van der Waals surface area contributed by atoms with Gasteiger partial charge < -0.3 is 10.1 Å². The molecule has 0 saturated heterocycles. The lowest BCUT2D eigenvalue weighted by molar-refractivity contribution is -0.119. The number of esters is 1. The Hall–Kier alpha value is -2.90. The molecular formula is C19H16Cl2N4O3. The van der Waals surface area contributed by atoms with Crippen molar-refractivity contribution in [2.24, 2.45) is 0 Å². The summed E-state index contributed by atoms with van der Waals surface area (Å²) >= 11 is 12.0. The van der Waals surface area contributed by atoms with E-state index in [2.05, 4.69) is 15.4 Å². The molecule has 0 aliphatic heterocycles. The van der Waals surface area contributed by atoms with Gasteiger partial charge in [-0.05, 0) is 18.1 Å². The molecule has 0 fully saturated rings. The Balaban J connectivity index is 1.54. The maximum atomic E-state index is 12.1. The molecule has 28 heavy (non-hydrogen) atoms. The van der Waals surface area contributed by atoms with Crippen LogP contribution in [-0.2, 0) is 16.1 Å². The number of carbonyl (C=O) groups excluding carboxylic acids is 2. The van der Waals surface area contributed by atoms with Crippen molar-refractivity contribution in [3.8, 4) is 0 Å². The highest BCUT2D eigenvalue weighted by Crippen LogP contribution is 2.28. The second-order valence-corrected chi connectivity index (χ2v) is 6.72. The van der Waals surface area contributed by atoms with Crippen LogP contribution >= 0.6 is 23.2 Å². The highest BCUT2D eigenvalue weighted by molar-refractivity contribution is 6.37. The number of pyridine rings is 1. The Morgan fingerprint density at radius 1 is 1.18 bits per heavy atom. The number of nitrogens with one attached hydrogen (secondary N) is 1. The molecule has 7 nitrogen and oxygen atoms in total. The van der Waals surface area contributed by atoms with Gasteiger partial charge in [0.15, 0.2) is 12.4 Å². The molecule has 144 valence electrons. The molecule has 1 N–H and O–H groups in total. The number of ether oxygens (including phenoxy) is 1. The van der Waals surface area contributed by atoms with Crippen LogP contribution in [0.3, 0.4) is 0 Å². The third kappa shape index (κ3) is 4.88. The number of benzene rings is 1. The summed E-state index contributed by atoms with van der Waals surface area (Å²) in [6, 6.07) is 9.70. The first-order valence-electron chi connectivity index (χ1n) is 8.28. The lowest BCUT2D eigenvalue weighted by atomic mass is 10.2.